The second-order valence-electron chi connectivity index (χ2n) is 10.9. The Morgan fingerprint density at radius 3 is 2.48 bits per heavy atom. The fourth-order valence-corrected chi connectivity index (χ4v) is 6.44. The number of rotatable bonds is 7. The summed E-state index contributed by atoms with van der Waals surface area (Å²) in [6.45, 7) is 9.06. The Morgan fingerprint density at radius 2 is 1.85 bits per heavy atom. The summed E-state index contributed by atoms with van der Waals surface area (Å²) in [6.07, 6.45) is 1.60. The number of nitrogens with zero attached hydrogens (tertiary/aromatic N) is 1. The second-order valence-corrected chi connectivity index (χ2v) is 13.3. The van der Waals surface area contributed by atoms with Crippen LogP contribution in [0.4, 0.5) is 0 Å². The van der Waals surface area contributed by atoms with E-state index in [1.54, 1.807) is 18.2 Å². The lowest BCUT2D eigenvalue weighted by Crippen LogP contribution is -2.35. The molecule has 1 fully saturated rings. The van der Waals surface area contributed by atoms with Gasteiger partial charge in [0.15, 0.2) is 9.84 Å². The van der Waals surface area contributed by atoms with Crippen molar-refractivity contribution in [3.63, 3.8) is 0 Å². The van der Waals surface area contributed by atoms with Gasteiger partial charge < -0.3 is 19.7 Å². The largest absolute Gasteiger partial charge is 0.508 e. The molecule has 0 amide bonds. The van der Waals surface area contributed by atoms with E-state index in [1.807, 2.05) is 31.2 Å². The smallest absolute Gasteiger partial charge is 0.179 e. The van der Waals surface area contributed by atoms with Crippen molar-refractivity contribution in [2.75, 3.05) is 26.0 Å². The molecule has 5 rings (SSSR count). The van der Waals surface area contributed by atoms with E-state index >= 15 is 0 Å². The number of likely N-dealkylation sites (tertiary alicyclic amines) is 1. The lowest BCUT2D eigenvalue weighted by molar-refractivity contribution is 0.169. The van der Waals surface area contributed by atoms with Crippen LogP contribution in [0.5, 0.6) is 23.0 Å². The Bertz CT molecular complexity index is 1570. The minimum absolute atomic E-state index is 0.0815. The first-order valence-electron chi connectivity index (χ1n) is 13.3. The number of phenols is 2. The fraction of sp³-hybridized carbons (Fsp3) is 0.355. The van der Waals surface area contributed by atoms with E-state index < -0.39 is 15.9 Å². The molecule has 0 spiro atoms. The molecular formula is C31H34ClNO6S. The van der Waals surface area contributed by atoms with Gasteiger partial charge in [0.05, 0.1) is 5.02 Å². The van der Waals surface area contributed by atoms with Gasteiger partial charge in [-0.25, -0.2) is 8.42 Å². The summed E-state index contributed by atoms with van der Waals surface area (Å²) < 4.78 is 37.8. The summed E-state index contributed by atoms with van der Waals surface area (Å²) in [6, 6.07) is 15.5. The van der Waals surface area contributed by atoms with Crippen LogP contribution in [0, 0.1) is 5.92 Å². The Morgan fingerprint density at radius 1 is 1.12 bits per heavy atom. The minimum atomic E-state index is -3.71. The molecule has 2 aliphatic rings. The summed E-state index contributed by atoms with van der Waals surface area (Å²) in [7, 11) is -3.71. The zero-order valence-corrected chi connectivity index (χ0v) is 24.6. The molecule has 2 N–H and O–H groups in total. The molecule has 212 valence electrons. The highest BCUT2D eigenvalue weighted by Crippen LogP contribution is 2.50. The summed E-state index contributed by atoms with van der Waals surface area (Å²) in [5.41, 5.74) is 3.33. The van der Waals surface area contributed by atoms with Crippen molar-refractivity contribution in [3.05, 3.63) is 76.3 Å². The summed E-state index contributed by atoms with van der Waals surface area (Å²) in [4.78, 5) is 2.36. The van der Waals surface area contributed by atoms with Crippen molar-refractivity contribution >= 4 is 32.6 Å². The van der Waals surface area contributed by atoms with Gasteiger partial charge in [0, 0.05) is 36.0 Å². The first-order valence-corrected chi connectivity index (χ1v) is 15.6. The van der Waals surface area contributed by atoms with Crippen LogP contribution in [0.2, 0.25) is 5.02 Å². The van der Waals surface area contributed by atoms with Gasteiger partial charge in [0.25, 0.3) is 0 Å². The molecule has 7 nitrogen and oxygen atoms in total. The normalized spacial score (nSPS) is 20.2. The summed E-state index contributed by atoms with van der Waals surface area (Å²) >= 11 is 6.09. The highest BCUT2D eigenvalue weighted by molar-refractivity contribution is 7.90. The van der Waals surface area contributed by atoms with Gasteiger partial charge in [-0.3, -0.25) is 4.90 Å². The first-order chi connectivity index (χ1) is 18.9. The number of ether oxygens (including phenoxy) is 2. The van der Waals surface area contributed by atoms with Crippen LogP contribution in [0.3, 0.4) is 0 Å². The van der Waals surface area contributed by atoms with Gasteiger partial charge in [0.1, 0.15) is 40.6 Å². The maximum Gasteiger partial charge on any atom is 0.179 e. The third-order valence-corrected chi connectivity index (χ3v) is 9.18. The molecule has 2 heterocycles. The lowest BCUT2D eigenvalue weighted by Gasteiger charge is -2.32. The zero-order valence-electron chi connectivity index (χ0n) is 23.0. The molecular weight excluding hydrogens is 550 g/mol. The molecule has 9 heteroatoms. The maximum absolute atomic E-state index is 12.7. The van der Waals surface area contributed by atoms with Gasteiger partial charge in [-0.1, -0.05) is 36.7 Å². The van der Waals surface area contributed by atoms with E-state index in [-0.39, 0.29) is 27.2 Å². The Kier molecular flexibility index (Phi) is 7.79. The number of allylic oxidation sites excluding steroid dienone is 1. The number of fused-ring (bicyclic) bond motifs is 1. The standard InChI is InChI=1S/C31H34ClNO6S/c1-18-11-12-33(16-18)19(2)17-38-24-8-5-21(6-9-24)30-29(22-7-10-26(32)27(35)13-22)20(3)25-14-23(34)15-28(31(25)39-30)40(4,36)37/h5-10,13-15,18-19,30,34-35H,11-12,16-17H2,1-4H3. The van der Waals surface area contributed by atoms with Crippen molar-refractivity contribution < 1.29 is 28.1 Å². The van der Waals surface area contributed by atoms with E-state index in [9.17, 15) is 18.6 Å². The van der Waals surface area contributed by atoms with Crippen molar-refractivity contribution in [1.82, 2.24) is 4.90 Å². The number of hydrogen-bond donors (Lipinski definition) is 2. The molecule has 0 bridgehead atoms. The predicted molar refractivity (Wildman–Crippen MR) is 157 cm³/mol. The third-order valence-electron chi connectivity index (χ3n) is 7.75. The van der Waals surface area contributed by atoms with Gasteiger partial charge in [-0.05, 0) is 79.8 Å². The number of hydrogen-bond acceptors (Lipinski definition) is 7. The number of sulfone groups is 1. The average Bonchev–Trinajstić information content (AvgIpc) is 3.35. The summed E-state index contributed by atoms with van der Waals surface area (Å²) in [5.74, 6) is 1.36. The highest BCUT2D eigenvalue weighted by Gasteiger charge is 2.34. The van der Waals surface area contributed by atoms with Gasteiger partial charge in [0.2, 0.25) is 0 Å². The molecule has 0 saturated carbocycles. The molecule has 1 saturated heterocycles. The van der Waals surface area contributed by atoms with Crippen molar-refractivity contribution in [2.45, 2.75) is 44.2 Å². The molecule has 0 radical (unpaired) electrons. The molecule has 0 aliphatic carbocycles. The third kappa shape index (κ3) is 5.66. The molecule has 3 aromatic carbocycles. The highest BCUT2D eigenvalue weighted by atomic mass is 35.5. The fourth-order valence-electron chi connectivity index (χ4n) is 5.50. The monoisotopic (exact) mass is 583 g/mol. The van der Waals surface area contributed by atoms with E-state index in [1.165, 1.54) is 18.6 Å². The van der Waals surface area contributed by atoms with Crippen LogP contribution in [-0.2, 0) is 9.84 Å². The van der Waals surface area contributed by atoms with Crippen LogP contribution < -0.4 is 9.47 Å². The van der Waals surface area contributed by atoms with Gasteiger partial charge >= 0.3 is 0 Å². The Balaban J connectivity index is 1.51. The van der Waals surface area contributed by atoms with Crippen LogP contribution in [0.1, 0.15) is 50.0 Å². The topological polar surface area (TPSA) is 96.3 Å². The molecule has 40 heavy (non-hydrogen) atoms. The zero-order chi connectivity index (χ0) is 28.8. The Labute approximate surface area is 240 Å². The van der Waals surface area contributed by atoms with Gasteiger partial charge in [-0.15, -0.1) is 0 Å². The van der Waals surface area contributed by atoms with Crippen molar-refractivity contribution in [2.24, 2.45) is 5.92 Å². The SMILES string of the molecule is CC1=C(c2ccc(Cl)c(O)c2)C(c2ccc(OCC(C)N3CCC(C)C3)cc2)Oc2c1cc(O)cc2S(C)(=O)=O. The van der Waals surface area contributed by atoms with E-state index in [2.05, 4.69) is 18.7 Å². The van der Waals surface area contributed by atoms with Crippen LogP contribution in [0.25, 0.3) is 11.1 Å². The summed E-state index contributed by atoms with van der Waals surface area (Å²) in [5, 5.41) is 20.9. The van der Waals surface area contributed by atoms with E-state index in [0.717, 1.165) is 36.2 Å². The lowest BCUT2D eigenvalue weighted by atomic mass is 9.86. The number of halogens is 1. The van der Waals surface area contributed by atoms with Crippen molar-refractivity contribution in [3.8, 4) is 23.0 Å². The molecule has 2 aliphatic heterocycles. The maximum atomic E-state index is 12.7. The van der Waals surface area contributed by atoms with Crippen molar-refractivity contribution in [1.29, 1.82) is 0 Å². The predicted octanol–water partition coefficient (Wildman–Crippen LogP) is 6.33. The minimum Gasteiger partial charge on any atom is -0.508 e. The van der Waals surface area contributed by atoms with Crippen LogP contribution in [-0.4, -0.2) is 55.5 Å². The van der Waals surface area contributed by atoms with E-state index in [0.29, 0.717) is 35.3 Å². The van der Waals surface area contributed by atoms with Gasteiger partial charge in [-0.2, -0.15) is 0 Å². The quantitative estimate of drug-likeness (QED) is 0.335. The van der Waals surface area contributed by atoms with E-state index in [4.69, 9.17) is 21.1 Å². The average molecular weight is 584 g/mol. The van der Waals surface area contributed by atoms with Crippen LogP contribution >= 0.6 is 11.6 Å². The molecule has 3 atom stereocenters. The molecule has 3 aromatic rings. The first kappa shape index (κ1) is 28.3. The molecule has 3 unspecified atom stereocenters. The van der Waals surface area contributed by atoms with Crippen LogP contribution in [0.15, 0.2) is 59.5 Å². The number of phenolic OH excluding ortho intramolecular Hbond substituents is 2. The second kappa shape index (κ2) is 11.0. The molecule has 0 aromatic heterocycles. The number of benzene rings is 3. The Hall–Kier alpha value is -3.20. The number of aromatic hydroxyl groups is 2.